The van der Waals surface area contributed by atoms with Gasteiger partial charge in [-0.1, -0.05) is 5.92 Å². The van der Waals surface area contributed by atoms with Crippen molar-refractivity contribution in [2.45, 2.75) is 17.9 Å². The normalized spacial score (nSPS) is 31.0. The largest absolute Gasteiger partial charge is 0.392 e. The maximum Gasteiger partial charge on any atom is 0.180 e. The third-order valence-corrected chi connectivity index (χ3v) is 3.75. The van der Waals surface area contributed by atoms with E-state index in [0.717, 1.165) is 0 Å². The van der Waals surface area contributed by atoms with Crippen molar-refractivity contribution in [2.24, 2.45) is 5.92 Å². The number of nitriles is 1. The quantitative estimate of drug-likeness (QED) is 0.587. The predicted molar refractivity (Wildman–Crippen MR) is 73.6 cm³/mol. The van der Waals surface area contributed by atoms with Gasteiger partial charge in [-0.05, 0) is 0 Å². The van der Waals surface area contributed by atoms with E-state index in [-0.39, 0.29) is 5.82 Å². The van der Waals surface area contributed by atoms with Crippen molar-refractivity contribution in [3.05, 3.63) is 12.7 Å². The molecule has 1 aliphatic heterocycles. The van der Waals surface area contributed by atoms with E-state index in [2.05, 4.69) is 20.9 Å². The molecule has 4 atom stereocenters. The molecule has 2 aromatic heterocycles. The molecule has 0 saturated carbocycles. The zero-order chi connectivity index (χ0) is 15.9. The fourth-order valence-corrected chi connectivity index (χ4v) is 2.52. The zero-order valence-electron chi connectivity index (χ0n) is 11.3. The fraction of sp³-hybridized carbons (Fsp3) is 0.385. The van der Waals surface area contributed by atoms with Crippen LogP contribution in [0.3, 0.4) is 0 Å². The van der Waals surface area contributed by atoms with Crippen molar-refractivity contribution < 1.29 is 14.9 Å². The minimum atomic E-state index is -1.65. The molecule has 22 heavy (non-hydrogen) atoms. The second-order valence-corrected chi connectivity index (χ2v) is 4.88. The van der Waals surface area contributed by atoms with Crippen LogP contribution in [0.25, 0.3) is 11.2 Å². The lowest BCUT2D eigenvalue weighted by molar-refractivity contribution is -0.0895. The summed E-state index contributed by atoms with van der Waals surface area (Å²) in [6, 6.07) is 1.95. The zero-order valence-corrected chi connectivity index (χ0v) is 11.3. The molecule has 0 amide bonds. The first-order valence-corrected chi connectivity index (χ1v) is 6.35. The standard InChI is InChI=1S/C13H12N6O3/c1-2-13(4-20)9(21)7(3-14)12(22-13)19-6-18-8-10(15)16-5-17-11(8)19/h1,5-7,9,12,20-21H,4H2,(H2,15,16,17)/t7-,9-,12+,13+/m0/s1. The number of ether oxygens (including phenoxy) is 1. The number of aliphatic hydroxyl groups is 2. The lowest BCUT2D eigenvalue weighted by atomic mass is 9.91. The SMILES string of the molecule is C#C[C@]1(CO)O[C@@H](n2cnc3c(N)ncnc32)[C@@H](C#N)[C@@H]1O. The van der Waals surface area contributed by atoms with Gasteiger partial charge in [-0.15, -0.1) is 6.42 Å². The molecular weight excluding hydrogens is 288 g/mol. The number of terminal acetylenes is 1. The third-order valence-electron chi connectivity index (χ3n) is 3.75. The van der Waals surface area contributed by atoms with Crippen LogP contribution in [0.2, 0.25) is 0 Å². The molecule has 0 aliphatic carbocycles. The molecule has 4 N–H and O–H groups in total. The second-order valence-electron chi connectivity index (χ2n) is 4.88. The van der Waals surface area contributed by atoms with Gasteiger partial charge in [-0.3, -0.25) is 4.57 Å². The molecule has 3 heterocycles. The van der Waals surface area contributed by atoms with Crippen LogP contribution in [0, 0.1) is 29.6 Å². The number of nitrogen functional groups attached to an aromatic ring is 1. The van der Waals surface area contributed by atoms with E-state index in [1.165, 1.54) is 17.2 Å². The summed E-state index contributed by atoms with van der Waals surface area (Å²) >= 11 is 0. The van der Waals surface area contributed by atoms with Crippen LogP contribution in [0.4, 0.5) is 5.82 Å². The molecule has 0 aromatic carbocycles. The Morgan fingerprint density at radius 3 is 2.91 bits per heavy atom. The molecule has 1 saturated heterocycles. The van der Waals surface area contributed by atoms with Gasteiger partial charge in [0.05, 0.1) is 19.0 Å². The molecule has 3 rings (SSSR count). The molecular formula is C13H12N6O3. The molecule has 1 aliphatic rings. The fourth-order valence-electron chi connectivity index (χ4n) is 2.52. The summed E-state index contributed by atoms with van der Waals surface area (Å²) in [7, 11) is 0. The summed E-state index contributed by atoms with van der Waals surface area (Å²) in [6.07, 6.45) is 5.68. The van der Waals surface area contributed by atoms with Crippen molar-refractivity contribution in [3.8, 4) is 18.4 Å². The lowest BCUT2D eigenvalue weighted by Gasteiger charge is -2.23. The summed E-state index contributed by atoms with van der Waals surface area (Å²) in [4.78, 5) is 12.0. The molecule has 9 heteroatoms. The summed E-state index contributed by atoms with van der Waals surface area (Å²) < 4.78 is 7.06. The lowest BCUT2D eigenvalue weighted by Crippen LogP contribution is -2.43. The molecule has 0 bridgehead atoms. The number of hydrogen-bond acceptors (Lipinski definition) is 8. The van der Waals surface area contributed by atoms with Gasteiger partial charge in [0.1, 0.15) is 23.9 Å². The van der Waals surface area contributed by atoms with Crippen molar-refractivity contribution in [2.75, 3.05) is 12.3 Å². The van der Waals surface area contributed by atoms with E-state index in [0.29, 0.717) is 11.2 Å². The smallest absolute Gasteiger partial charge is 0.180 e. The first-order valence-electron chi connectivity index (χ1n) is 6.35. The van der Waals surface area contributed by atoms with Crippen molar-refractivity contribution in [1.29, 1.82) is 5.26 Å². The van der Waals surface area contributed by atoms with E-state index >= 15 is 0 Å². The summed E-state index contributed by atoms with van der Waals surface area (Å²) in [5, 5.41) is 29.0. The highest BCUT2D eigenvalue weighted by Crippen LogP contribution is 2.41. The van der Waals surface area contributed by atoms with Crippen molar-refractivity contribution in [1.82, 2.24) is 19.5 Å². The van der Waals surface area contributed by atoms with Gasteiger partial charge in [0.2, 0.25) is 0 Å². The number of nitrogens with zero attached hydrogens (tertiary/aromatic N) is 5. The number of anilines is 1. The Kier molecular flexibility index (Phi) is 3.19. The number of rotatable bonds is 2. The van der Waals surface area contributed by atoms with Gasteiger partial charge in [0.25, 0.3) is 0 Å². The van der Waals surface area contributed by atoms with Crippen LogP contribution in [0.5, 0.6) is 0 Å². The van der Waals surface area contributed by atoms with Gasteiger partial charge in [-0.2, -0.15) is 5.26 Å². The third kappa shape index (κ3) is 1.74. The number of aromatic nitrogens is 4. The molecule has 112 valence electrons. The van der Waals surface area contributed by atoms with E-state index in [9.17, 15) is 15.5 Å². The molecule has 9 nitrogen and oxygen atoms in total. The van der Waals surface area contributed by atoms with Crippen LogP contribution in [-0.2, 0) is 4.74 Å². The van der Waals surface area contributed by atoms with Gasteiger partial charge in [0, 0.05) is 0 Å². The Hall–Kier alpha value is -2.72. The summed E-state index contributed by atoms with van der Waals surface area (Å²) in [5.74, 6) is 1.41. The van der Waals surface area contributed by atoms with Crippen LogP contribution >= 0.6 is 0 Å². The Labute approximate surface area is 125 Å². The average molecular weight is 300 g/mol. The van der Waals surface area contributed by atoms with Crippen LogP contribution in [0.15, 0.2) is 12.7 Å². The van der Waals surface area contributed by atoms with E-state index in [1.807, 2.05) is 6.07 Å². The first-order chi connectivity index (χ1) is 10.6. The van der Waals surface area contributed by atoms with E-state index in [1.54, 1.807) is 0 Å². The molecule has 0 radical (unpaired) electrons. The number of aliphatic hydroxyl groups excluding tert-OH is 2. The number of imidazole rings is 1. The van der Waals surface area contributed by atoms with Gasteiger partial charge in [-0.25, -0.2) is 15.0 Å². The monoisotopic (exact) mass is 300 g/mol. The van der Waals surface area contributed by atoms with Gasteiger partial charge < -0.3 is 20.7 Å². The van der Waals surface area contributed by atoms with E-state index < -0.39 is 30.5 Å². The van der Waals surface area contributed by atoms with Crippen LogP contribution in [-0.4, -0.2) is 48.0 Å². The predicted octanol–water partition coefficient (Wildman–Crippen LogP) is -1.20. The maximum absolute atomic E-state index is 10.3. The highest BCUT2D eigenvalue weighted by molar-refractivity contribution is 5.81. The Morgan fingerprint density at radius 1 is 1.50 bits per heavy atom. The van der Waals surface area contributed by atoms with Crippen molar-refractivity contribution >= 4 is 17.0 Å². The number of nitrogens with two attached hydrogens (primary N) is 1. The minimum absolute atomic E-state index is 0.182. The number of fused-ring (bicyclic) bond motifs is 1. The first kappa shape index (κ1) is 14.2. The van der Waals surface area contributed by atoms with Crippen molar-refractivity contribution in [3.63, 3.8) is 0 Å². The Morgan fingerprint density at radius 2 is 2.27 bits per heavy atom. The minimum Gasteiger partial charge on any atom is -0.392 e. The van der Waals surface area contributed by atoms with Crippen LogP contribution < -0.4 is 5.73 Å². The van der Waals surface area contributed by atoms with Crippen LogP contribution in [0.1, 0.15) is 6.23 Å². The number of hydrogen-bond donors (Lipinski definition) is 3. The molecule has 0 spiro atoms. The topological polar surface area (TPSA) is 143 Å². The van der Waals surface area contributed by atoms with Gasteiger partial charge >= 0.3 is 0 Å². The Balaban J connectivity index is 2.13. The average Bonchev–Trinajstić information content (AvgIpc) is 3.07. The molecule has 0 unspecified atom stereocenters. The van der Waals surface area contributed by atoms with Gasteiger partial charge in [0.15, 0.2) is 23.3 Å². The highest BCUT2D eigenvalue weighted by Gasteiger charge is 2.55. The second kappa shape index (κ2) is 4.93. The summed E-state index contributed by atoms with van der Waals surface area (Å²) in [5.41, 5.74) is 4.75. The Bertz CT molecular complexity index is 806. The highest BCUT2D eigenvalue weighted by atomic mass is 16.6. The van der Waals surface area contributed by atoms with E-state index in [4.69, 9.17) is 16.9 Å². The molecule has 1 fully saturated rings. The maximum atomic E-state index is 10.3. The summed E-state index contributed by atoms with van der Waals surface area (Å²) in [6.45, 7) is -0.622. The molecule has 2 aromatic rings.